The van der Waals surface area contributed by atoms with Gasteiger partial charge in [-0.05, 0) is 5.56 Å². The number of anilines is 1. The van der Waals surface area contributed by atoms with Gasteiger partial charge in [0.25, 0.3) is 0 Å². The van der Waals surface area contributed by atoms with Crippen molar-refractivity contribution in [2.45, 2.75) is 6.42 Å². The van der Waals surface area contributed by atoms with Crippen molar-refractivity contribution in [3.05, 3.63) is 47.7 Å². The fourth-order valence-corrected chi connectivity index (χ4v) is 1.50. The second kappa shape index (κ2) is 3.54. The largest absolute Gasteiger partial charge is 0.382 e. The van der Waals surface area contributed by atoms with E-state index in [-0.39, 0.29) is 0 Å². The Kier molecular flexibility index (Phi) is 2.23. The van der Waals surface area contributed by atoms with Crippen LogP contribution in [0.5, 0.6) is 0 Å². The lowest BCUT2D eigenvalue weighted by Gasteiger charge is -2.00. The SMILES string of the molecule is Cn1nc(N)cc1Cc1ccccc1. The lowest BCUT2D eigenvalue weighted by Crippen LogP contribution is -1.99. The molecule has 0 aliphatic heterocycles. The zero-order valence-electron chi connectivity index (χ0n) is 8.14. The van der Waals surface area contributed by atoms with Gasteiger partial charge in [0, 0.05) is 25.2 Å². The third-order valence-electron chi connectivity index (χ3n) is 2.22. The van der Waals surface area contributed by atoms with Crippen molar-refractivity contribution >= 4 is 5.82 Å². The number of nitrogen functional groups attached to an aromatic ring is 1. The summed E-state index contributed by atoms with van der Waals surface area (Å²) in [6, 6.07) is 12.2. The van der Waals surface area contributed by atoms with Crippen LogP contribution in [-0.2, 0) is 13.5 Å². The molecule has 1 heterocycles. The van der Waals surface area contributed by atoms with Gasteiger partial charge in [-0.1, -0.05) is 30.3 Å². The average molecular weight is 187 g/mol. The monoisotopic (exact) mass is 187 g/mol. The minimum absolute atomic E-state index is 0.582. The first-order valence-corrected chi connectivity index (χ1v) is 4.58. The maximum absolute atomic E-state index is 5.60. The second-order valence-corrected chi connectivity index (χ2v) is 3.35. The molecule has 2 aromatic rings. The molecule has 2 N–H and O–H groups in total. The van der Waals surface area contributed by atoms with Crippen LogP contribution in [0.25, 0.3) is 0 Å². The highest BCUT2D eigenvalue weighted by atomic mass is 15.3. The second-order valence-electron chi connectivity index (χ2n) is 3.35. The zero-order chi connectivity index (χ0) is 9.97. The Morgan fingerprint density at radius 3 is 2.57 bits per heavy atom. The number of benzene rings is 1. The normalized spacial score (nSPS) is 10.4. The van der Waals surface area contributed by atoms with Gasteiger partial charge in [-0.15, -0.1) is 0 Å². The molecule has 0 amide bonds. The van der Waals surface area contributed by atoms with Gasteiger partial charge in [-0.3, -0.25) is 4.68 Å². The molecule has 3 nitrogen and oxygen atoms in total. The molecule has 0 atom stereocenters. The third kappa shape index (κ3) is 1.76. The molecule has 0 bridgehead atoms. The third-order valence-corrected chi connectivity index (χ3v) is 2.22. The van der Waals surface area contributed by atoms with Crippen molar-refractivity contribution < 1.29 is 0 Å². The Balaban J connectivity index is 2.23. The molecule has 1 aromatic heterocycles. The van der Waals surface area contributed by atoms with Crippen molar-refractivity contribution in [1.29, 1.82) is 0 Å². The summed E-state index contributed by atoms with van der Waals surface area (Å²) in [5, 5.41) is 4.10. The predicted molar refractivity (Wildman–Crippen MR) is 56.9 cm³/mol. The molecule has 14 heavy (non-hydrogen) atoms. The van der Waals surface area contributed by atoms with Gasteiger partial charge in [-0.2, -0.15) is 5.10 Å². The zero-order valence-corrected chi connectivity index (χ0v) is 8.14. The van der Waals surface area contributed by atoms with Crippen LogP contribution in [0, 0.1) is 0 Å². The van der Waals surface area contributed by atoms with Gasteiger partial charge in [0.2, 0.25) is 0 Å². The van der Waals surface area contributed by atoms with Crippen LogP contribution < -0.4 is 5.73 Å². The molecule has 3 heteroatoms. The highest BCUT2D eigenvalue weighted by Gasteiger charge is 2.02. The fourth-order valence-electron chi connectivity index (χ4n) is 1.50. The number of rotatable bonds is 2. The molecular weight excluding hydrogens is 174 g/mol. The molecular formula is C11H13N3. The van der Waals surface area contributed by atoms with Crippen LogP contribution in [0.1, 0.15) is 11.3 Å². The summed E-state index contributed by atoms with van der Waals surface area (Å²) in [6.07, 6.45) is 0.877. The molecule has 0 radical (unpaired) electrons. The summed E-state index contributed by atoms with van der Waals surface area (Å²) in [5.74, 6) is 0.582. The van der Waals surface area contributed by atoms with Gasteiger partial charge in [0.15, 0.2) is 0 Å². The smallest absolute Gasteiger partial charge is 0.145 e. The van der Waals surface area contributed by atoms with E-state index in [1.165, 1.54) is 5.56 Å². The maximum Gasteiger partial charge on any atom is 0.145 e. The van der Waals surface area contributed by atoms with Crippen LogP contribution in [0.2, 0.25) is 0 Å². The summed E-state index contributed by atoms with van der Waals surface area (Å²) >= 11 is 0. The lowest BCUT2D eigenvalue weighted by atomic mass is 10.1. The molecule has 0 aliphatic carbocycles. The highest BCUT2D eigenvalue weighted by Crippen LogP contribution is 2.10. The summed E-state index contributed by atoms with van der Waals surface area (Å²) in [4.78, 5) is 0. The number of nitrogens with two attached hydrogens (primary N) is 1. The van der Waals surface area contributed by atoms with Gasteiger partial charge in [0.05, 0.1) is 0 Å². The van der Waals surface area contributed by atoms with Crippen molar-refractivity contribution in [3.8, 4) is 0 Å². The fraction of sp³-hybridized carbons (Fsp3) is 0.182. The van der Waals surface area contributed by atoms with E-state index in [0.717, 1.165) is 12.1 Å². The number of nitrogens with zero attached hydrogens (tertiary/aromatic N) is 2. The first kappa shape index (κ1) is 8.81. The van der Waals surface area contributed by atoms with Crippen molar-refractivity contribution in [3.63, 3.8) is 0 Å². The molecule has 0 aliphatic rings. The Bertz CT molecular complexity index is 417. The maximum atomic E-state index is 5.60. The van der Waals surface area contributed by atoms with Crippen molar-refractivity contribution in [2.75, 3.05) is 5.73 Å². The van der Waals surface area contributed by atoms with E-state index in [2.05, 4.69) is 17.2 Å². The van der Waals surface area contributed by atoms with Crippen LogP contribution in [0.3, 0.4) is 0 Å². The Hall–Kier alpha value is -1.77. The molecule has 0 saturated heterocycles. The minimum Gasteiger partial charge on any atom is -0.382 e. The standard InChI is InChI=1S/C11H13N3/c1-14-10(8-11(12)13-14)7-9-5-3-2-4-6-9/h2-6,8H,7H2,1H3,(H2,12,13). The van der Waals surface area contributed by atoms with E-state index in [4.69, 9.17) is 5.73 Å². The first-order valence-electron chi connectivity index (χ1n) is 4.58. The van der Waals surface area contributed by atoms with E-state index < -0.39 is 0 Å². The molecule has 72 valence electrons. The van der Waals surface area contributed by atoms with Gasteiger partial charge in [0.1, 0.15) is 5.82 Å². The van der Waals surface area contributed by atoms with Crippen LogP contribution in [-0.4, -0.2) is 9.78 Å². The van der Waals surface area contributed by atoms with E-state index in [1.54, 1.807) is 0 Å². The van der Waals surface area contributed by atoms with E-state index in [1.807, 2.05) is 36.0 Å². The minimum atomic E-state index is 0.582. The van der Waals surface area contributed by atoms with Gasteiger partial charge in [-0.25, -0.2) is 0 Å². The number of aryl methyl sites for hydroxylation is 1. The number of hydrogen-bond acceptors (Lipinski definition) is 2. The van der Waals surface area contributed by atoms with E-state index >= 15 is 0 Å². The summed E-state index contributed by atoms with van der Waals surface area (Å²) in [6.45, 7) is 0. The van der Waals surface area contributed by atoms with Crippen LogP contribution in [0.4, 0.5) is 5.82 Å². The highest BCUT2D eigenvalue weighted by molar-refractivity contribution is 5.32. The summed E-state index contributed by atoms with van der Waals surface area (Å²) < 4.78 is 1.82. The molecule has 1 aromatic carbocycles. The number of hydrogen-bond donors (Lipinski definition) is 1. The van der Waals surface area contributed by atoms with Crippen molar-refractivity contribution in [1.82, 2.24) is 9.78 Å². The van der Waals surface area contributed by atoms with Gasteiger partial charge >= 0.3 is 0 Å². The first-order chi connectivity index (χ1) is 6.75. The van der Waals surface area contributed by atoms with Crippen LogP contribution in [0.15, 0.2) is 36.4 Å². The number of aromatic nitrogens is 2. The topological polar surface area (TPSA) is 43.8 Å². The van der Waals surface area contributed by atoms with Gasteiger partial charge < -0.3 is 5.73 Å². The molecule has 0 saturated carbocycles. The Labute approximate surface area is 83.2 Å². The molecule has 0 unspecified atom stereocenters. The molecule has 0 spiro atoms. The average Bonchev–Trinajstić information content (AvgIpc) is 2.47. The Morgan fingerprint density at radius 2 is 2.00 bits per heavy atom. The summed E-state index contributed by atoms with van der Waals surface area (Å²) in [7, 11) is 1.91. The van der Waals surface area contributed by atoms with E-state index in [0.29, 0.717) is 5.82 Å². The molecule has 0 fully saturated rings. The van der Waals surface area contributed by atoms with Crippen LogP contribution >= 0.6 is 0 Å². The van der Waals surface area contributed by atoms with E-state index in [9.17, 15) is 0 Å². The Morgan fingerprint density at radius 1 is 1.29 bits per heavy atom. The predicted octanol–water partition coefficient (Wildman–Crippen LogP) is 1.59. The summed E-state index contributed by atoms with van der Waals surface area (Å²) in [5.41, 5.74) is 8.01. The van der Waals surface area contributed by atoms with Crippen molar-refractivity contribution in [2.24, 2.45) is 7.05 Å². The lowest BCUT2D eigenvalue weighted by molar-refractivity contribution is 0.727. The molecule has 2 rings (SSSR count). The quantitative estimate of drug-likeness (QED) is 0.776.